The predicted molar refractivity (Wildman–Crippen MR) is 71.8 cm³/mol. The smallest absolute Gasteiger partial charge is 0.340 e. The van der Waals surface area contributed by atoms with Crippen molar-refractivity contribution in [2.45, 2.75) is 0 Å². The van der Waals surface area contributed by atoms with Gasteiger partial charge in [-0.3, -0.25) is 0 Å². The number of ether oxygens (including phenoxy) is 1. The maximum absolute atomic E-state index is 13.5. The second-order valence-electron chi connectivity index (χ2n) is 4.22. The number of carbonyl (C=O) groups excluding carboxylic acids is 1. The first kappa shape index (κ1) is 14.5. The van der Waals surface area contributed by atoms with Crippen molar-refractivity contribution >= 4 is 11.9 Å². The number of methoxy groups -OCH3 is 1. The summed E-state index contributed by atoms with van der Waals surface area (Å²) < 4.78 is 18.0. The van der Waals surface area contributed by atoms with Crippen LogP contribution in [-0.2, 0) is 4.74 Å². The molecule has 0 saturated heterocycles. The molecular weight excluding hydrogens is 279 g/mol. The van der Waals surface area contributed by atoms with Gasteiger partial charge in [-0.05, 0) is 35.4 Å². The molecular formula is C15H11FO5. The molecule has 0 amide bonds. The van der Waals surface area contributed by atoms with Crippen molar-refractivity contribution in [3.63, 3.8) is 0 Å². The lowest BCUT2D eigenvalue weighted by Crippen LogP contribution is -2.04. The number of halogens is 1. The SMILES string of the molecule is COC(=O)c1cc(-c2ccc(C(=O)O)c(O)c2)ccc1F. The van der Waals surface area contributed by atoms with E-state index in [1.54, 1.807) is 0 Å². The van der Waals surface area contributed by atoms with Crippen LogP contribution in [0.1, 0.15) is 20.7 Å². The number of aromatic hydroxyl groups is 1. The number of phenols is 1. The molecule has 2 aromatic carbocycles. The molecule has 2 aromatic rings. The van der Waals surface area contributed by atoms with Gasteiger partial charge in [0.05, 0.1) is 12.7 Å². The van der Waals surface area contributed by atoms with Gasteiger partial charge in [0.1, 0.15) is 17.1 Å². The Morgan fingerprint density at radius 2 is 1.67 bits per heavy atom. The number of carboxylic acids is 1. The van der Waals surface area contributed by atoms with Gasteiger partial charge >= 0.3 is 11.9 Å². The van der Waals surface area contributed by atoms with Gasteiger partial charge in [0.15, 0.2) is 0 Å². The zero-order valence-corrected chi connectivity index (χ0v) is 11.0. The highest BCUT2D eigenvalue weighted by molar-refractivity contribution is 5.93. The van der Waals surface area contributed by atoms with E-state index in [0.717, 1.165) is 13.2 Å². The molecule has 0 bridgehead atoms. The topological polar surface area (TPSA) is 83.8 Å². The van der Waals surface area contributed by atoms with Gasteiger partial charge in [0.25, 0.3) is 0 Å². The van der Waals surface area contributed by atoms with Crippen LogP contribution in [0.3, 0.4) is 0 Å². The van der Waals surface area contributed by atoms with Gasteiger partial charge in [-0.2, -0.15) is 0 Å². The third-order valence-corrected chi connectivity index (χ3v) is 2.93. The summed E-state index contributed by atoms with van der Waals surface area (Å²) >= 11 is 0. The van der Waals surface area contributed by atoms with E-state index in [1.807, 2.05) is 0 Å². The minimum atomic E-state index is -1.26. The predicted octanol–water partition coefficient (Wildman–Crippen LogP) is 2.68. The normalized spacial score (nSPS) is 10.2. The highest BCUT2D eigenvalue weighted by atomic mass is 19.1. The minimum absolute atomic E-state index is 0.239. The van der Waals surface area contributed by atoms with Crippen LogP contribution in [0.4, 0.5) is 4.39 Å². The molecule has 0 saturated carbocycles. The highest BCUT2D eigenvalue weighted by Crippen LogP contribution is 2.28. The number of carbonyl (C=O) groups is 2. The van der Waals surface area contributed by atoms with Crippen LogP contribution in [0.15, 0.2) is 36.4 Å². The first-order valence-corrected chi connectivity index (χ1v) is 5.88. The van der Waals surface area contributed by atoms with Crippen LogP contribution < -0.4 is 0 Å². The third-order valence-electron chi connectivity index (χ3n) is 2.93. The van der Waals surface area contributed by atoms with E-state index < -0.39 is 23.5 Å². The molecule has 0 fully saturated rings. The summed E-state index contributed by atoms with van der Waals surface area (Å²) in [6.45, 7) is 0. The molecule has 0 heterocycles. The van der Waals surface area contributed by atoms with E-state index in [0.29, 0.717) is 11.1 Å². The molecule has 108 valence electrons. The largest absolute Gasteiger partial charge is 0.507 e. The summed E-state index contributed by atoms with van der Waals surface area (Å²) in [5, 5.41) is 18.5. The lowest BCUT2D eigenvalue weighted by molar-refractivity contribution is 0.0594. The van der Waals surface area contributed by atoms with E-state index in [4.69, 9.17) is 5.11 Å². The van der Waals surface area contributed by atoms with E-state index >= 15 is 0 Å². The van der Waals surface area contributed by atoms with Gasteiger partial charge < -0.3 is 14.9 Å². The maximum Gasteiger partial charge on any atom is 0.340 e. The van der Waals surface area contributed by atoms with Gasteiger partial charge in [-0.15, -0.1) is 0 Å². The van der Waals surface area contributed by atoms with Crippen molar-refractivity contribution in [1.29, 1.82) is 0 Å². The van der Waals surface area contributed by atoms with Crippen LogP contribution in [-0.4, -0.2) is 29.3 Å². The van der Waals surface area contributed by atoms with Crippen molar-refractivity contribution in [2.24, 2.45) is 0 Å². The molecule has 5 nitrogen and oxygen atoms in total. The molecule has 2 rings (SSSR count). The van der Waals surface area contributed by atoms with E-state index in [1.165, 1.54) is 30.3 Å². The summed E-state index contributed by atoms with van der Waals surface area (Å²) in [7, 11) is 1.14. The summed E-state index contributed by atoms with van der Waals surface area (Å²) in [5.74, 6) is -3.21. The van der Waals surface area contributed by atoms with Crippen LogP contribution in [0, 0.1) is 5.82 Å². The summed E-state index contributed by atoms with van der Waals surface area (Å²) in [5.41, 5.74) is 0.414. The summed E-state index contributed by atoms with van der Waals surface area (Å²) in [6.07, 6.45) is 0. The molecule has 0 aliphatic heterocycles. The fourth-order valence-electron chi connectivity index (χ4n) is 1.86. The number of aromatic carboxylic acids is 1. The number of hydrogen-bond donors (Lipinski definition) is 2. The summed E-state index contributed by atoms with van der Waals surface area (Å²) in [4.78, 5) is 22.3. The maximum atomic E-state index is 13.5. The number of benzene rings is 2. The molecule has 0 aliphatic rings. The molecule has 0 spiro atoms. The van der Waals surface area contributed by atoms with E-state index in [2.05, 4.69) is 4.74 Å². The van der Waals surface area contributed by atoms with Crippen molar-refractivity contribution in [2.75, 3.05) is 7.11 Å². The van der Waals surface area contributed by atoms with Gasteiger partial charge in [-0.1, -0.05) is 12.1 Å². The van der Waals surface area contributed by atoms with Crippen LogP contribution >= 0.6 is 0 Å². The zero-order valence-electron chi connectivity index (χ0n) is 11.0. The Balaban J connectivity index is 2.50. The standard InChI is InChI=1S/C15H11FO5/c1-21-15(20)11-6-8(3-5-12(11)16)9-2-4-10(14(18)19)13(17)7-9/h2-7,17H,1H3,(H,18,19). The van der Waals surface area contributed by atoms with Gasteiger partial charge in [0.2, 0.25) is 0 Å². The number of esters is 1. The molecule has 0 aliphatic carbocycles. The zero-order chi connectivity index (χ0) is 15.6. The number of hydrogen-bond acceptors (Lipinski definition) is 4. The lowest BCUT2D eigenvalue weighted by atomic mass is 10.0. The second-order valence-corrected chi connectivity index (χ2v) is 4.22. The fourth-order valence-corrected chi connectivity index (χ4v) is 1.86. The quantitative estimate of drug-likeness (QED) is 0.849. The summed E-state index contributed by atoms with van der Waals surface area (Å²) in [6, 6.07) is 7.71. The van der Waals surface area contributed by atoms with Crippen molar-refractivity contribution in [3.05, 3.63) is 53.3 Å². The Hall–Kier alpha value is -2.89. The number of carboxylic acid groups (broad SMARTS) is 1. The third kappa shape index (κ3) is 2.84. The molecule has 6 heteroatoms. The second kappa shape index (κ2) is 5.62. The Morgan fingerprint density at radius 3 is 2.24 bits per heavy atom. The van der Waals surface area contributed by atoms with Gasteiger partial charge in [-0.25, -0.2) is 14.0 Å². The Morgan fingerprint density at radius 1 is 1.05 bits per heavy atom. The van der Waals surface area contributed by atoms with Crippen molar-refractivity contribution < 1.29 is 28.9 Å². The van der Waals surface area contributed by atoms with Crippen LogP contribution in [0.2, 0.25) is 0 Å². The molecule has 21 heavy (non-hydrogen) atoms. The fraction of sp³-hybridized carbons (Fsp3) is 0.0667. The molecule has 2 N–H and O–H groups in total. The Labute approximate surface area is 119 Å². The highest BCUT2D eigenvalue weighted by Gasteiger charge is 2.15. The molecule has 0 aromatic heterocycles. The average Bonchev–Trinajstić information content (AvgIpc) is 2.46. The molecule has 0 atom stereocenters. The molecule has 0 unspecified atom stereocenters. The number of rotatable bonds is 3. The van der Waals surface area contributed by atoms with Crippen molar-refractivity contribution in [3.8, 4) is 16.9 Å². The van der Waals surface area contributed by atoms with Crippen molar-refractivity contribution in [1.82, 2.24) is 0 Å². The van der Waals surface area contributed by atoms with E-state index in [-0.39, 0.29) is 11.1 Å². The Kier molecular flexibility index (Phi) is 3.89. The lowest BCUT2D eigenvalue weighted by Gasteiger charge is -2.07. The first-order chi connectivity index (χ1) is 9.93. The van der Waals surface area contributed by atoms with Gasteiger partial charge in [0, 0.05) is 0 Å². The Bertz CT molecular complexity index is 724. The van der Waals surface area contributed by atoms with Crippen LogP contribution in [0.25, 0.3) is 11.1 Å². The first-order valence-electron chi connectivity index (χ1n) is 5.88. The van der Waals surface area contributed by atoms with Crippen LogP contribution in [0.5, 0.6) is 5.75 Å². The monoisotopic (exact) mass is 290 g/mol. The van der Waals surface area contributed by atoms with E-state index in [9.17, 15) is 19.1 Å². The molecule has 0 radical (unpaired) electrons. The average molecular weight is 290 g/mol. The minimum Gasteiger partial charge on any atom is -0.507 e.